The number of nitrogens with zero attached hydrogens (tertiary/aromatic N) is 1. The van der Waals surface area contributed by atoms with Crippen molar-refractivity contribution in [1.29, 1.82) is 0 Å². The number of hydrogen-bond acceptors (Lipinski definition) is 3. The van der Waals surface area contributed by atoms with E-state index in [9.17, 15) is 9.50 Å². The number of aliphatic hydroxyl groups is 1. The molecule has 1 aromatic carbocycles. The maximum atomic E-state index is 12.6. The lowest BCUT2D eigenvalue weighted by Crippen LogP contribution is -2.02. The van der Waals surface area contributed by atoms with Crippen LogP contribution in [0.25, 0.3) is 0 Å². The second-order valence-corrected chi connectivity index (χ2v) is 4.06. The van der Waals surface area contributed by atoms with Gasteiger partial charge in [0.1, 0.15) is 11.3 Å². The molecule has 0 bridgehead atoms. The zero-order valence-electron chi connectivity index (χ0n) is 8.07. The van der Waals surface area contributed by atoms with Gasteiger partial charge in [-0.1, -0.05) is 11.8 Å². The van der Waals surface area contributed by atoms with Crippen LogP contribution in [-0.4, -0.2) is 22.6 Å². The van der Waals surface area contributed by atoms with Crippen molar-refractivity contribution in [3.8, 4) is 0 Å². The summed E-state index contributed by atoms with van der Waals surface area (Å²) in [6.07, 6.45) is 0. The first-order valence-electron chi connectivity index (χ1n) is 4.21. The molecule has 0 saturated heterocycles. The zero-order valence-corrected chi connectivity index (χ0v) is 8.88. The van der Waals surface area contributed by atoms with Crippen molar-refractivity contribution < 1.29 is 9.50 Å². The lowest BCUT2D eigenvalue weighted by atomic mass is 10.2. The highest BCUT2D eigenvalue weighted by Gasteiger charge is 2.06. The van der Waals surface area contributed by atoms with Crippen molar-refractivity contribution in [2.24, 2.45) is 4.99 Å². The predicted octanol–water partition coefficient (Wildman–Crippen LogP) is 2.27. The fraction of sp³-hybridized carbons (Fsp3) is 0.300. The van der Waals surface area contributed by atoms with Crippen LogP contribution in [0.15, 0.2) is 29.3 Å². The Bertz CT molecular complexity index is 321. The molecule has 0 aliphatic carbocycles. The van der Waals surface area contributed by atoms with Crippen molar-refractivity contribution in [3.05, 3.63) is 35.6 Å². The Morgan fingerprint density at radius 1 is 1.43 bits per heavy atom. The quantitative estimate of drug-likeness (QED) is 0.464. The van der Waals surface area contributed by atoms with Gasteiger partial charge in [-0.25, -0.2) is 4.39 Å². The van der Waals surface area contributed by atoms with Gasteiger partial charge in [-0.2, -0.15) is 0 Å². The molecular formula is C10H12FNOS. The summed E-state index contributed by atoms with van der Waals surface area (Å²) in [6, 6.07) is 6.05. The Hall–Kier alpha value is -0.870. The van der Waals surface area contributed by atoms with Crippen LogP contribution < -0.4 is 0 Å². The fourth-order valence-corrected chi connectivity index (χ4v) is 1.70. The smallest absolute Gasteiger partial charge is 0.123 e. The molecule has 0 spiro atoms. The number of halogens is 1. The zero-order chi connectivity index (χ0) is 10.6. The van der Waals surface area contributed by atoms with Crippen LogP contribution in [0, 0.1) is 5.82 Å². The van der Waals surface area contributed by atoms with Crippen molar-refractivity contribution in [1.82, 2.24) is 0 Å². The van der Waals surface area contributed by atoms with Gasteiger partial charge in [0.25, 0.3) is 0 Å². The molecule has 0 fully saturated rings. The standard InChI is InChI=1S/C10H12FNOS/c1-7(13)14-10(12-2)8-3-5-9(11)6-4-8/h3-7,13H,1-2H3/b12-10-. The van der Waals surface area contributed by atoms with Crippen LogP contribution in [0.3, 0.4) is 0 Å². The summed E-state index contributed by atoms with van der Waals surface area (Å²) in [5.41, 5.74) is 0.304. The summed E-state index contributed by atoms with van der Waals surface area (Å²) in [7, 11) is 1.65. The maximum Gasteiger partial charge on any atom is 0.123 e. The highest BCUT2D eigenvalue weighted by atomic mass is 32.2. The lowest BCUT2D eigenvalue weighted by Gasteiger charge is -2.07. The fourth-order valence-electron chi connectivity index (χ4n) is 1.00. The molecule has 2 nitrogen and oxygen atoms in total. The van der Waals surface area contributed by atoms with Gasteiger partial charge in [0.15, 0.2) is 0 Å². The Labute approximate surface area is 86.9 Å². The normalized spacial score (nSPS) is 14.1. The first-order valence-corrected chi connectivity index (χ1v) is 5.09. The molecule has 0 aliphatic heterocycles. The minimum Gasteiger partial charge on any atom is -0.382 e. The first-order chi connectivity index (χ1) is 6.63. The molecule has 4 heteroatoms. The molecule has 76 valence electrons. The SMILES string of the molecule is C/N=C(\SC(C)O)c1ccc(F)cc1. The predicted molar refractivity (Wildman–Crippen MR) is 58.1 cm³/mol. The number of aliphatic hydroxyl groups excluding tert-OH is 1. The van der Waals surface area contributed by atoms with E-state index in [1.54, 1.807) is 26.1 Å². The topological polar surface area (TPSA) is 32.6 Å². The average Bonchev–Trinajstić information content (AvgIpc) is 2.15. The van der Waals surface area contributed by atoms with Crippen LogP contribution >= 0.6 is 11.8 Å². The lowest BCUT2D eigenvalue weighted by molar-refractivity contribution is 0.285. The summed E-state index contributed by atoms with van der Waals surface area (Å²) in [6.45, 7) is 1.67. The molecule has 1 unspecified atom stereocenters. The Kier molecular flexibility index (Phi) is 4.10. The van der Waals surface area contributed by atoms with Gasteiger partial charge in [0.05, 0.1) is 5.04 Å². The largest absolute Gasteiger partial charge is 0.382 e. The van der Waals surface area contributed by atoms with Gasteiger partial charge in [0.2, 0.25) is 0 Å². The van der Waals surface area contributed by atoms with Gasteiger partial charge < -0.3 is 5.11 Å². The monoisotopic (exact) mass is 213 g/mol. The Morgan fingerprint density at radius 2 is 2.00 bits per heavy atom. The summed E-state index contributed by atoms with van der Waals surface area (Å²) < 4.78 is 12.6. The summed E-state index contributed by atoms with van der Waals surface area (Å²) in [5, 5.41) is 9.89. The van der Waals surface area contributed by atoms with Crippen molar-refractivity contribution in [3.63, 3.8) is 0 Å². The molecule has 0 saturated carbocycles. The summed E-state index contributed by atoms with van der Waals surface area (Å²) >= 11 is 1.24. The third kappa shape index (κ3) is 3.12. The summed E-state index contributed by atoms with van der Waals surface area (Å²) in [5.74, 6) is -0.272. The molecule has 14 heavy (non-hydrogen) atoms. The minimum absolute atomic E-state index is 0.272. The molecule has 0 heterocycles. The minimum atomic E-state index is -0.515. The van der Waals surface area contributed by atoms with E-state index >= 15 is 0 Å². The highest BCUT2D eigenvalue weighted by Crippen LogP contribution is 2.17. The van der Waals surface area contributed by atoms with Gasteiger partial charge in [-0.05, 0) is 31.2 Å². The van der Waals surface area contributed by atoms with Crippen molar-refractivity contribution >= 4 is 16.8 Å². The molecule has 0 aromatic heterocycles. The molecule has 0 amide bonds. The first kappa shape index (κ1) is 11.2. The van der Waals surface area contributed by atoms with E-state index in [2.05, 4.69) is 4.99 Å². The van der Waals surface area contributed by atoms with E-state index in [0.29, 0.717) is 5.04 Å². The highest BCUT2D eigenvalue weighted by molar-refractivity contribution is 8.14. The number of hydrogen-bond donors (Lipinski definition) is 1. The third-order valence-electron chi connectivity index (χ3n) is 1.58. The second kappa shape index (κ2) is 5.12. The molecule has 1 N–H and O–H groups in total. The van der Waals surface area contributed by atoms with Gasteiger partial charge in [-0.15, -0.1) is 0 Å². The van der Waals surface area contributed by atoms with Crippen LogP contribution in [0.2, 0.25) is 0 Å². The van der Waals surface area contributed by atoms with Gasteiger partial charge >= 0.3 is 0 Å². The van der Waals surface area contributed by atoms with Crippen LogP contribution in [0.5, 0.6) is 0 Å². The second-order valence-electron chi connectivity index (χ2n) is 2.75. The number of rotatable bonds is 2. The average molecular weight is 213 g/mol. The molecule has 0 aliphatic rings. The Morgan fingerprint density at radius 3 is 2.43 bits per heavy atom. The summed E-state index contributed by atoms with van der Waals surface area (Å²) in [4.78, 5) is 4.03. The molecule has 1 rings (SSSR count). The van der Waals surface area contributed by atoms with Gasteiger partial charge in [0, 0.05) is 12.6 Å². The maximum absolute atomic E-state index is 12.6. The molecule has 1 aromatic rings. The molecular weight excluding hydrogens is 201 g/mol. The van der Waals surface area contributed by atoms with Crippen LogP contribution in [-0.2, 0) is 0 Å². The van der Waals surface area contributed by atoms with E-state index in [4.69, 9.17) is 0 Å². The number of thioether (sulfide) groups is 1. The van der Waals surface area contributed by atoms with Crippen LogP contribution in [0.1, 0.15) is 12.5 Å². The third-order valence-corrected chi connectivity index (χ3v) is 2.56. The number of benzene rings is 1. The van der Waals surface area contributed by atoms with E-state index in [1.807, 2.05) is 0 Å². The van der Waals surface area contributed by atoms with E-state index in [1.165, 1.54) is 23.9 Å². The Balaban J connectivity index is 2.85. The van der Waals surface area contributed by atoms with Gasteiger partial charge in [-0.3, -0.25) is 4.99 Å². The van der Waals surface area contributed by atoms with Crippen LogP contribution in [0.4, 0.5) is 4.39 Å². The van der Waals surface area contributed by atoms with E-state index in [-0.39, 0.29) is 5.82 Å². The molecule has 1 atom stereocenters. The molecule has 0 radical (unpaired) electrons. The van der Waals surface area contributed by atoms with E-state index < -0.39 is 5.44 Å². The number of aliphatic imine (C=N–C) groups is 1. The van der Waals surface area contributed by atoms with E-state index in [0.717, 1.165) is 5.56 Å². The van der Waals surface area contributed by atoms with Crippen molar-refractivity contribution in [2.75, 3.05) is 7.05 Å². The van der Waals surface area contributed by atoms with Crippen molar-refractivity contribution in [2.45, 2.75) is 12.4 Å².